The lowest BCUT2D eigenvalue weighted by atomic mass is 10.0. The summed E-state index contributed by atoms with van der Waals surface area (Å²) in [5, 5.41) is 0. The Hall–Kier alpha value is -0.0400. The maximum absolute atomic E-state index is 2.55. The lowest BCUT2D eigenvalue weighted by Crippen LogP contribution is -1.98. The lowest BCUT2D eigenvalue weighted by molar-refractivity contribution is 0.493. The molecule has 0 radical (unpaired) electrons. The van der Waals surface area contributed by atoms with Crippen molar-refractivity contribution in [1.29, 1.82) is 0 Å². The Labute approximate surface area is 134 Å². The van der Waals surface area contributed by atoms with E-state index in [1.165, 1.54) is 122 Å². The van der Waals surface area contributed by atoms with Crippen LogP contribution in [0.3, 0.4) is 0 Å². The molecule has 0 bridgehead atoms. The molecule has 1 aliphatic heterocycles. The summed E-state index contributed by atoms with van der Waals surface area (Å²) in [5.41, 5.74) is 0. The summed E-state index contributed by atoms with van der Waals surface area (Å²) in [6.45, 7) is 6.42. The van der Waals surface area contributed by atoms with Crippen molar-refractivity contribution in [1.82, 2.24) is 4.90 Å². The monoisotopic (exact) mass is 295 g/mol. The summed E-state index contributed by atoms with van der Waals surface area (Å²) in [5.74, 6) is 0. The molecule has 21 heavy (non-hydrogen) atoms. The fraction of sp³-hybridized carbons (Fsp3) is 1.00. The van der Waals surface area contributed by atoms with Crippen LogP contribution in [0.5, 0.6) is 0 Å². The third-order valence-electron chi connectivity index (χ3n) is 4.87. The van der Waals surface area contributed by atoms with Crippen molar-refractivity contribution in [3.63, 3.8) is 0 Å². The molecule has 1 heteroatoms. The summed E-state index contributed by atoms with van der Waals surface area (Å²) in [6.07, 6.45) is 23.5. The van der Waals surface area contributed by atoms with E-state index in [4.69, 9.17) is 0 Å². The Bertz CT molecular complexity index is 198. The Kier molecular flexibility index (Phi) is 13.5. The summed E-state index contributed by atoms with van der Waals surface area (Å²) < 4.78 is 0. The molecule has 1 aliphatic rings. The van der Waals surface area contributed by atoms with Crippen LogP contribution in [0.15, 0.2) is 0 Å². The molecule has 0 atom stereocenters. The minimum atomic E-state index is 1.37. The molecule has 1 nitrogen and oxygen atoms in total. The Morgan fingerprint density at radius 3 is 1.14 bits per heavy atom. The highest BCUT2D eigenvalue weighted by Crippen LogP contribution is 2.14. The van der Waals surface area contributed by atoms with Gasteiger partial charge in [-0.25, -0.2) is 0 Å². The van der Waals surface area contributed by atoms with Crippen LogP contribution in [-0.2, 0) is 0 Å². The second-order valence-electron chi connectivity index (χ2n) is 7.14. The van der Waals surface area contributed by atoms with Gasteiger partial charge in [-0.3, -0.25) is 0 Å². The van der Waals surface area contributed by atoms with Crippen LogP contribution in [0, 0.1) is 0 Å². The van der Waals surface area contributed by atoms with Crippen LogP contribution in [0.25, 0.3) is 0 Å². The fourth-order valence-electron chi connectivity index (χ4n) is 3.18. The number of rotatable bonds is 17. The molecule has 1 saturated heterocycles. The molecule has 0 spiro atoms. The normalized spacial score (nSPS) is 14.7. The minimum absolute atomic E-state index is 1.37. The zero-order valence-electron chi connectivity index (χ0n) is 14.9. The summed E-state index contributed by atoms with van der Waals surface area (Å²) in [4.78, 5) is 2.55. The first-order valence-electron chi connectivity index (χ1n) is 10.2. The lowest BCUT2D eigenvalue weighted by Gasteiger charge is -2.04. The SMILES string of the molecule is CCCCCCCCCCCCCCCCCCN1CC1. The van der Waals surface area contributed by atoms with Crippen molar-refractivity contribution in [3.05, 3.63) is 0 Å². The Balaban J connectivity index is 1.59. The molecule has 126 valence electrons. The van der Waals surface area contributed by atoms with E-state index in [0.29, 0.717) is 0 Å². The first kappa shape index (κ1) is 19.0. The molecular formula is C20H41N. The van der Waals surface area contributed by atoms with Gasteiger partial charge in [0, 0.05) is 13.1 Å². The number of hydrogen-bond acceptors (Lipinski definition) is 1. The summed E-state index contributed by atoms with van der Waals surface area (Å²) >= 11 is 0. The van der Waals surface area contributed by atoms with Gasteiger partial charge in [-0.1, -0.05) is 103 Å². The zero-order chi connectivity index (χ0) is 15.0. The van der Waals surface area contributed by atoms with E-state index in [9.17, 15) is 0 Å². The van der Waals surface area contributed by atoms with E-state index in [0.717, 1.165) is 0 Å². The maximum Gasteiger partial charge on any atom is 0.0110 e. The molecule has 0 amide bonds. The molecule has 0 saturated carbocycles. The van der Waals surface area contributed by atoms with Crippen molar-refractivity contribution < 1.29 is 0 Å². The van der Waals surface area contributed by atoms with E-state index >= 15 is 0 Å². The van der Waals surface area contributed by atoms with Crippen LogP contribution in [-0.4, -0.2) is 24.5 Å². The molecule has 0 aromatic rings. The average Bonchev–Trinajstić information content (AvgIpc) is 3.31. The van der Waals surface area contributed by atoms with Gasteiger partial charge >= 0.3 is 0 Å². The van der Waals surface area contributed by atoms with E-state index in [1.807, 2.05) is 0 Å². The van der Waals surface area contributed by atoms with Crippen LogP contribution < -0.4 is 0 Å². The van der Waals surface area contributed by atoms with Gasteiger partial charge in [0.1, 0.15) is 0 Å². The largest absolute Gasteiger partial charge is 0.301 e. The number of nitrogens with zero attached hydrogens (tertiary/aromatic N) is 1. The highest BCUT2D eigenvalue weighted by atomic mass is 15.2. The molecule has 1 rings (SSSR count). The highest BCUT2D eigenvalue weighted by molar-refractivity contribution is 4.71. The second-order valence-corrected chi connectivity index (χ2v) is 7.14. The highest BCUT2D eigenvalue weighted by Gasteiger charge is 2.14. The van der Waals surface area contributed by atoms with Gasteiger partial charge in [0.15, 0.2) is 0 Å². The molecule has 0 N–H and O–H groups in total. The number of hydrogen-bond donors (Lipinski definition) is 0. The van der Waals surface area contributed by atoms with E-state index < -0.39 is 0 Å². The van der Waals surface area contributed by atoms with Crippen LogP contribution in [0.2, 0.25) is 0 Å². The van der Waals surface area contributed by atoms with Gasteiger partial charge in [-0.2, -0.15) is 0 Å². The predicted molar refractivity (Wildman–Crippen MR) is 96.0 cm³/mol. The maximum atomic E-state index is 2.55. The van der Waals surface area contributed by atoms with E-state index in [-0.39, 0.29) is 0 Å². The standard InChI is InChI=1S/C20H41N/c1-2-3-4-5-6-7-8-9-10-11-12-13-14-15-16-17-18-21-19-20-21/h2-20H2,1H3. The van der Waals surface area contributed by atoms with Crippen molar-refractivity contribution in [2.45, 2.75) is 110 Å². The van der Waals surface area contributed by atoms with Gasteiger partial charge in [0.05, 0.1) is 0 Å². The number of unbranched alkanes of at least 4 members (excludes halogenated alkanes) is 15. The molecule has 0 aliphatic carbocycles. The van der Waals surface area contributed by atoms with Gasteiger partial charge in [-0.05, 0) is 13.0 Å². The first-order chi connectivity index (χ1) is 10.4. The second kappa shape index (κ2) is 14.9. The van der Waals surface area contributed by atoms with Gasteiger partial charge in [0.25, 0.3) is 0 Å². The van der Waals surface area contributed by atoms with Crippen molar-refractivity contribution in [2.75, 3.05) is 19.6 Å². The van der Waals surface area contributed by atoms with Crippen LogP contribution in [0.1, 0.15) is 110 Å². The predicted octanol–water partition coefficient (Wildman–Crippen LogP) is 6.56. The summed E-state index contributed by atoms with van der Waals surface area (Å²) in [6, 6.07) is 0. The smallest absolute Gasteiger partial charge is 0.0110 e. The molecule has 0 unspecified atom stereocenters. The van der Waals surface area contributed by atoms with Crippen molar-refractivity contribution >= 4 is 0 Å². The molecule has 1 heterocycles. The first-order valence-corrected chi connectivity index (χ1v) is 10.2. The zero-order valence-corrected chi connectivity index (χ0v) is 14.9. The third kappa shape index (κ3) is 14.7. The van der Waals surface area contributed by atoms with E-state index in [2.05, 4.69) is 11.8 Å². The Morgan fingerprint density at radius 1 is 0.476 bits per heavy atom. The fourth-order valence-corrected chi connectivity index (χ4v) is 3.18. The Morgan fingerprint density at radius 2 is 0.810 bits per heavy atom. The average molecular weight is 296 g/mol. The van der Waals surface area contributed by atoms with Gasteiger partial charge in [-0.15, -0.1) is 0 Å². The minimum Gasteiger partial charge on any atom is -0.301 e. The molecule has 0 aromatic heterocycles. The molecule has 0 aromatic carbocycles. The topological polar surface area (TPSA) is 3.01 Å². The van der Waals surface area contributed by atoms with Gasteiger partial charge in [0.2, 0.25) is 0 Å². The summed E-state index contributed by atoms with van der Waals surface area (Å²) in [7, 11) is 0. The molecule has 1 fully saturated rings. The molecular weight excluding hydrogens is 254 g/mol. The van der Waals surface area contributed by atoms with E-state index in [1.54, 1.807) is 0 Å². The quantitative estimate of drug-likeness (QED) is 0.217. The van der Waals surface area contributed by atoms with Crippen LogP contribution in [0.4, 0.5) is 0 Å². The van der Waals surface area contributed by atoms with Crippen LogP contribution >= 0.6 is 0 Å². The third-order valence-corrected chi connectivity index (χ3v) is 4.87. The van der Waals surface area contributed by atoms with Gasteiger partial charge < -0.3 is 4.90 Å². The van der Waals surface area contributed by atoms with Crippen molar-refractivity contribution in [2.24, 2.45) is 0 Å². The van der Waals surface area contributed by atoms with Crippen molar-refractivity contribution in [3.8, 4) is 0 Å².